The summed E-state index contributed by atoms with van der Waals surface area (Å²) in [5.74, 6) is 1.88. The van der Waals surface area contributed by atoms with Gasteiger partial charge in [-0.25, -0.2) is 9.97 Å². The van der Waals surface area contributed by atoms with Gasteiger partial charge in [0.15, 0.2) is 0 Å². The van der Waals surface area contributed by atoms with Crippen molar-refractivity contribution in [2.75, 3.05) is 0 Å². The molecule has 480 valence electrons. The molecule has 0 atom stereocenters. The molecule has 4 heteroatoms. The predicted octanol–water partition coefficient (Wildman–Crippen LogP) is 25.8. The Morgan fingerprint density at radius 1 is 0.235 bits per heavy atom. The van der Waals surface area contributed by atoms with Gasteiger partial charge in [0.1, 0.15) is 11.6 Å². The van der Waals surface area contributed by atoms with E-state index in [4.69, 9.17) is 9.97 Å². The van der Waals surface area contributed by atoms with E-state index in [-0.39, 0.29) is 10.8 Å². The molecule has 0 amide bonds. The second-order valence-electron chi connectivity index (χ2n) is 29.4. The fourth-order valence-corrected chi connectivity index (χ4v) is 19.4. The average molecular weight is 1300 g/mol. The van der Waals surface area contributed by atoms with Gasteiger partial charge in [0.05, 0.1) is 22.1 Å². The first-order valence-electron chi connectivity index (χ1n) is 36.6. The quantitative estimate of drug-likeness (QED) is 0.135. The molecule has 0 N–H and O–H groups in total. The van der Waals surface area contributed by atoms with Gasteiger partial charge in [-0.05, 0) is 248 Å². The molecule has 0 aliphatic heterocycles. The van der Waals surface area contributed by atoms with Crippen LogP contribution in [0.3, 0.4) is 0 Å². The minimum atomic E-state index is -0.0189. The monoisotopic (exact) mass is 1300 g/mol. The van der Waals surface area contributed by atoms with Crippen molar-refractivity contribution in [2.24, 2.45) is 0 Å². The molecule has 0 unspecified atom stereocenters. The largest absolute Gasteiger partial charge is 0.292 e. The first-order chi connectivity index (χ1) is 50.5. The van der Waals surface area contributed by atoms with Crippen LogP contribution < -0.4 is 0 Å². The van der Waals surface area contributed by atoms with Gasteiger partial charge in [0.25, 0.3) is 0 Å². The van der Waals surface area contributed by atoms with Crippen molar-refractivity contribution in [2.45, 2.75) is 62.2 Å². The molecule has 16 aromatic carbocycles. The number of imidazole rings is 2. The molecule has 0 radical (unpaired) electrons. The zero-order valence-corrected chi connectivity index (χ0v) is 56.5. The van der Waals surface area contributed by atoms with Crippen LogP contribution in [0.1, 0.15) is 73.6 Å². The number of fused-ring (bicyclic) bond motifs is 13. The molecule has 2 spiro atoms. The zero-order valence-electron chi connectivity index (χ0n) is 56.5. The number of benzene rings is 16. The van der Waals surface area contributed by atoms with Gasteiger partial charge in [0, 0.05) is 33.3 Å². The molecule has 22 rings (SSSR count). The number of rotatable bonds is 9. The molecule has 4 aliphatic carbocycles. The Kier molecular flexibility index (Phi) is 12.5. The van der Waals surface area contributed by atoms with E-state index in [1.807, 2.05) is 0 Å². The van der Waals surface area contributed by atoms with Crippen molar-refractivity contribution in [3.8, 4) is 112 Å². The lowest BCUT2D eigenvalue weighted by Crippen LogP contribution is -2.20. The molecule has 18 aromatic rings. The summed E-state index contributed by atoms with van der Waals surface area (Å²) in [6.07, 6.45) is 9.60. The van der Waals surface area contributed by atoms with Gasteiger partial charge in [-0.1, -0.05) is 262 Å². The first-order valence-corrected chi connectivity index (χ1v) is 36.6. The fraction of sp³-hybridized carbons (Fsp3) is 0.102. The van der Waals surface area contributed by atoms with Gasteiger partial charge in [-0.2, -0.15) is 0 Å². The lowest BCUT2D eigenvalue weighted by Gasteiger charge is -2.27. The Labute approximate surface area is 592 Å². The van der Waals surface area contributed by atoms with Crippen molar-refractivity contribution in [1.29, 1.82) is 0 Å². The lowest BCUT2D eigenvalue weighted by molar-refractivity contribution is 0.550. The van der Waals surface area contributed by atoms with Crippen LogP contribution in [0, 0.1) is 0 Å². The third-order valence-corrected chi connectivity index (χ3v) is 24.2. The van der Waals surface area contributed by atoms with Crippen molar-refractivity contribution in [1.82, 2.24) is 19.1 Å². The molecule has 2 saturated carbocycles. The highest BCUT2D eigenvalue weighted by atomic mass is 15.1. The molecule has 2 fully saturated rings. The highest BCUT2D eigenvalue weighted by Gasteiger charge is 2.47. The maximum atomic E-state index is 5.53. The van der Waals surface area contributed by atoms with Crippen LogP contribution >= 0.6 is 0 Å². The van der Waals surface area contributed by atoms with Gasteiger partial charge in [-0.3, -0.25) is 9.13 Å². The Balaban J connectivity index is 0.571. The van der Waals surface area contributed by atoms with Crippen LogP contribution in [0.2, 0.25) is 0 Å². The highest BCUT2D eigenvalue weighted by Crippen LogP contribution is 2.60. The Hall–Kier alpha value is -12.2. The molecule has 4 nitrogen and oxygen atoms in total. The van der Waals surface area contributed by atoms with Crippen molar-refractivity contribution in [3.63, 3.8) is 0 Å². The summed E-state index contributed by atoms with van der Waals surface area (Å²) in [5.41, 5.74) is 32.5. The van der Waals surface area contributed by atoms with Gasteiger partial charge in [0.2, 0.25) is 0 Å². The average Bonchev–Trinajstić information content (AvgIpc) is 1.48. The van der Waals surface area contributed by atoms with Crippen LogP contribution in [-0.4, -0.2) is 19.1 Å². The Morgan fingerprint density at radius 2 is 0.627 bits per heavy atom. The van der Waals surface area contributed by atoms with E-state index in [2.05, 4.69) is 325 Å². The summed E-state index contributed by atoms with van der Waals surface area (Å²) in [4.78, 5) is 10.7. The lowest BCUT2D eigenvalue weighted by atomic mass is 9.75. The molecular weight excluding hydrogens is 1230 g/mol. The summed E-state index contributed by atoms with van der Waals surface area (Å²) in [7, 11) is 0. The van der Waals surface area contributed by atoms with Gasteiger partial charge in [-0.15, -0.1) is 0 Å². The molecule has 0 saturated heterocycles. The summed E-state index contributed by atoms with van der Waals surface area (Å²) < 4.78 is 4.66. The van der Waals surface area contributed by atoms with E-state index in [0.717, 1.165) is 74.6 Å². The standard InChI is InChI=1S/C98H68N4/c1-3-15-67(16-4-1)95-99-89-23-7-8-24-91(89)101(95)75-40-29-61(30-41-75)70-35-45-79-81-47-37-72(58-87(81)97(85(79)56-70)51-9-10-52-97)69-28-25-63-19-14-22-77(84(63)55-69)74-39-50-92-90(60-74)100-96(68-17-5-2-6-18-68)102(92)76-42-31-62(32-43-76)71-36-46-80-82-48-38-73(59-88(82)98(86(80)57-71)53-11-12-54-98)78-44-33-66-27-26-64-20-13-21-65-34-49-83(78)94(66)93(64)65/h1-8,13-50,55-60H,9-12,51-54H2. The van der Waals surface area contributed by atoms with Crippen molar-refractivity contribution >= 4 is 65.2 Å². The summed E-state index contributed by atoms with van der Waals surface area (Å²) >= 11 is 0. The molecule has 2 heterocycles. The van der Waals surface area contributed by atoms with E-state index in [1.54, 1.807) is 0 Å². The molecule has 2 aromatic heterocycles. The number of hydrogen-bond donors (Lipinski definition) is 0. The third kappa shape index (κ3) is 8.56. The molecule has 102 heavy (non-hydrogen) atoms. The second-order valence-corrected chi connectivity index (χ2v) is 29.4. The number of aromatic nitrogens is 4. The molecule has 0 bridgehead atoms. The maximum Gasteiger partial charge on any atom is 0.145 e. The zero-order chi connectivity index (χ0) is 66.8. The van der Waals surface area contributed by atoms with Crippen LogP contribution in [0.15, 0.2) is 315 Å². The minimum absolute atomic E-state index is 0.000232. The third-order valence-electron chi connectivity index (χ3n) is 24.2. The fourth-order valence-electron chi connectivity index (χ4n) is 19.4. The predicted molar refractivity (Wildman–Crippen MR) is 424 cm³/mol. The van der Waals surface area contributed by atoms with Crippen LogP contribution in [0.5, 0.6) is 0 Å². The number of nitrogens with zero attached hydrogens (tertiary/aromatic N) is 4. The second kappa shape index (κ2) is 22.1. The minimum Gasteiger partial charge on any atom is -0.292 e. The first kappa shape index (κ1) is 57.6. The van der Waals surface area contributed by atoms with Crippen molar-refractivity contribution < 1.29 is 0 Å². The van der Waals surface area contributed by atoms with E-state index >= 15 is 0 Å². The normalized spacial score (nSPS) is 14.7. The van der Waals surface area contributed by atoms with Crippen molar-refractivity contribution in [3.05, 3.63) is 338 Å². The van der Waals surface area contributed by atoms with E-state index in [9.17, 15) is 0 Å². The maximum absolute atomic E-state index is 5.53. The Morgan fingerprint density at radius 3 is 1.22 bits per heavy atom. The SMILES string of the molecule is c1ccc(-c2nc3ccccc3n2-c2ccc(-c3ccc4c(c3)C3(CCCC3)c3cc(-c5ccc6cccc(-c7ccc8c(c7)nc(-c7ccccc7)n8-c7ccc(-c8ccc9c(c8)C8(CCCC8)c8cc(-c%10ccc%11ccc%12cccc%13ccc%10c%11c%12%13)ccc8-9)cc7)c6c5)ccc3-4)cc2)cc1. The molecular formula is C98H68N4. The topological polar surface area (TPSA) is 35.6 Å². The number of hydrogen-bond acceptors (Lipinski definition) is 2. The summed E-state index contributed by atoms with van der Waals surface area (Å²) in [5, 5.41) is 10.5. The summed E-state index contributed by atoms with van der Waals surface area (Å²) in [6.45, 7) is 0. The highest BCUT2D eigenvalue weighted by molar-refractivity contribution is 6.25. The number of para-hydroxylation sites is 2. The van der Waals surface area contributed by atoms with E-state index in [0.29, 0.717) is 0 Å². The van der Waals surface area contributed by atoms with Gasteiger partial charge >= 0.3 is 0 Å². The Bertz CT molecular complexity index is 6460. The van der Waals surface area contributed by atoms with E-state index in [1.165, 1.54) is 176 Å². The summed E-state index contributed by atoms with van der Waals surface area (Å²) in [6, 6.07) is 119. The van der Waals surface area contributed by atoms with Crippen LogP contribution in [0.4, 0.5) is 0 Å². The van der Waals surface area contributed by atoms with Crippen LogP contribution in [-0.2, 0) is 10.8 Å². The smallest absolute Gasteiger partial charge is 0.145 e. The van der Waals surface area contributed by atoms with E-state index < -0.39 is 0 Å². The molecule has 4 aliphatic rings. The van der Waals surface area contributed by atoms with Gasteiger partial charge < -0.3 is 0 Å². The van der Waals surface area contributed by atoms with Crippen LogP contribution in [0.25, 0.3) is 177 Å².